The fourth-order valence-corrected chi connectivity index (χ4v) is 2.89. The number of fused-ring (bicyclic) bond motifs is 1. The quantitative estimate of drug-likeness (QED) is 0.676. The normalized spacial score (nSPS) is 11.4. The van der Waals surface area contributed by atoms with Crippen molar-refractivity contribution in [2.75, 3.05) is 16.3 Å². The van der Waals surface area contributed by atoms with Crippen LogP contribution in [0.15, 0.2) is 42.5 Å². The number of rotatable bonds is 4. The minimum absolute atomic E-state index is 0.312. The predicted molar refractivity (Wildman–Crippen MR) is 93.7 cm³/mol. The molecule has 0 spiro atoms. The highest BCUT2D eigenvalue weighted by Gasteiger charge is 2.14. The van der Waals surface area contributed by atoms with Gasteiger partial charge in [-0.15, -0.1) is 0 Å². The van der Waals surface area contributed by atoms with E-state index in [2.05, 4.69) is 20.2 Å². The number of sulfonamides is 1. The minimum Gasteiger partial charge on any atom is -0.321 e. The molecule has 8 heteroatoms. The summed E-state index contributed by atoms with van der Waals surface area (Å²) in [6.45, 7) is 1.95. The van der Waals surface area contributed by atoms with Crippen molar-refractivity contribution in [3.63, 3.8) is 0 Å². The second kappa shape index (κ2) is 5.97. The Bertz CT molecular complexity index is 1010. The van der Waals surface area contributed by atoms with Gasteiger partial charge in [0, 0.05) is 16.8 Å². The van der Waals surface area contributed by atoms with Crippen LogP contribution < -0.4 is 10.0 Å². The molecule has 1 heterocycles. The fraction of sp³-hybridized carbons (Fsp3) is 0.125. The molecule has 124 valence electrons. The van der Waals surface area contributed by atoms with Crippen LogP contribution in [0, 0.1) is 6.92 Å². The molecule has 0 bridgehead atoms. The summed E-state index contributed by atoms with van der Waals surface area (Å²) >= 11 is 0. The average Bonchev–Trinajstić information content (AvgIpc) is 2.91. The zero-order valence-corrected chi connectivity index (χ0v) is 13.9. The molecule has 0 atom stereocenters. The van der Waals surface area contributed by atoms with Gasteiger partial charge in [-0.05, 0) is 43.3 Å². The van der Waals surface area contributed by atoms with Crippen LogP contribution in [0.2, 0.25) is 0 Å². The molecule has 0 fully saturated rings. The lowest BCUT2D eigenvalue weighted by Crippen LogP contribution is -2.13. The van der Waals surface area contributed by atoms with Crippen LogP contribution in [0.3, 0.4) is 0 Å². The van der Waals surface area contributed by atoms with E-state index in [0.29, 0.717) is 17.1 Å². The number of aromatic amines is 1. The number of hydrogen-bond donors (Lipinski definition) is 3. The first-order valence-corrected chi connectivity index (χ1v) is 9.05. The van der Waals surface area contributed by atoms with Crippen molar-refractivity contribution in [3.05, 3.63) is 53.7 Å². The summed E-state index contributed by atoms with van der Waals surface area (Å²) in [7, 11) is -3.33. The topological polar surface area (TPSA) is 104 Å². The van der Waals surface area contributed by atoms with E-state index in [1.807, 2.05) is 25.1 Å². The lowest BCUT2D eigenvalue weighted by Gasteiger charge is -2.06. The molecular formula is C16H16N4O3S. The van der Waals surface area contributed by atoms with Crippen LogP contribution in [0.5, 0.6) is 0 Å². The number of amides is 1. The first kappa shape index (κ1) is 16.0. The molecule has 0 aliphatic heterocycles. The number of aryl methyl sites for hydroxylation is 1. The van der Waals surface area contributed by atoms with Crippen LogP contribution >= 0.6 is 0 Å². The first-order chi connectivity index (χ1) is 11.3. The molecule has 3 N–H and O–H groups in total. The van der Waals surface area contributed by atoms with Gasteiger partial charge in [0.2, 0.25) is 10.0 Å². The maximum Gasteiger partial charge on any atom is 0.276 e. The molecule has 0 aliphatic carbocycles. The Labute approximate surface area is 139 Å². The number of H-pyrrole nitrogens is 1. The zero-order valence-electron chi connectivity index (χ0n) is 13.1. The first-order valence-electron chi connectivity index (χ1n) is 7.16. The van der Waals surface area contributed by atoms with Crippen molar-refractivity contribution in [2.45, 2.75) is 6.92 Å². The summed E-state index contributed by atoms with van der Waals surface area (Å²) in [5.41, 5.74) is 3.11. The molecular weight excluding hydrogens is 328 g/mol. The highest BCUT2D eigenvalue weighted by molar-refractivity contribution is 7.92. The van der Waals surface area contributed by atoms with E-state index in [9.17, 15) is 13.2 Å². The van der Waals surface area contributed by atoms with Crippen molar-refractivity contribution in [1.29, 1.82) is 0 Å². The number of anilines is 2. The number of carbonyl (C=O) groups excluding carboxylic acids is 1. The molecule has 0 saturated heterocycles. The van der Waals surface area contributed by atoms with Crippen molar-refractivity contribution in [3.8, 4) is 0 Å². The van der Waals surface area contributed by atoms with Gasteiger partial charge in [-0.2, -0.15) is 5.10 Å². The molecule has 7 nitrogen and oxygen atoms in total. The molecule has 3 rings (SSSR count). The Hall–Kier alpha value is -2.87. The molecule has 24 heavy (non-hydrogen) atoms. The molecule has 0 unspecified atom stereocenters. The smallest absolute Gasteiger partial charge is 0.276 e. The van der Waals surface area contributed by atoms with Gasteiger partial charge in [-0.25, -0.2) is 8.42 Å². The maximum absolute atomic E-state index is 12.4. The monoisotopic (exact) mass is 344 g/mol. The van der Waals surface area contributed by atoms with Gasteiger partial charge in [0.15, 0.2) is 5.69 Å². The molecule has 1 amide bonds. The maximum atomic E-state index is 12.4. The second-order valence-corrected chi connectivity index (χ2v) is 7.28. The van der Waals surface area contributed by atoms with Crippen LogP contribution in [-0.4, -0.2) is 30.8 Å². The fourth-order valence-electron chi connectivity index (χ4n) is 2.33. The summed E-state index contributed by atoms with van der Waals surface area (Å²) < 4.78 is 24.7. The van der Waals surface area contributed by atoms with E-state index < -0.39 is 10.0 Å². The summed E-state index contributed by atoms with van der Waals surface area (Å²) in [4.78, 5) is 12.4. The molecule has 0 radical (unpaired) electrons. The summed E-state index contributed by atoms with van der Waals surface area (Å²) in [5, 5.41) is 10.4. The Morgan fingerprint density at radius 1 is 1.08 bits per heavy atom. The van der Waals surface area contributed by atoms with Gasteiger partial charge < -0.3 is 5.32 Å². The van der Waals surface area contributed by atoms with Crippen molar-refractivity contribution in [2.24, 2.45) is 0 Å². The summed E-state index contributed by atoms with van der Waals surface area (Å²) in [6, 6.07) is 12.1. The Balaban J connectivity index is 1.80. The molecule has 0 saturated carbocycles. The number of hydrogen-bond acceptors (Lipinski definition) is 4. The number of aromatic nitrogens is 2. The standard InChI is InChI=1S/C16H16N4O3S/c1-10-3-8-14-13(9-10)15(19-18-14)16(21)17-11-4-6-12(7-5-11)20-24(2,22)23/h3-9,20H,1-2H3,(H,17,21)(H,18,19). The van der Waals surface area contributed by atoms with Crippen LogP contribution in [0.4, 0.5) is 11.4 Å². The van der Waals surface area contributed by atoms with Crippen molar-refractivity contribution >= 4 is 38.2 Å². The van der Waals surface area contributed by atoms with Gasteiger partial charge in [0.05, 0.1) is 11.8 Å². The van der Waals surface area contributed by atoms with E-state index in [-0.39, 0.29) is 5.91 Å². The van der Waals surface area contributed by atoms with Crippen LogP contribution in [0.25, 0.3) is 10.9 Å². The van der Waals surface area contributed by atoms with E-state index in [4.69, 9.17) is 0 Å². The summed E-state index contributed by atoms with van der Waals surface area (Å²) in [5.74, 6) is -0.337. The van der Waals surface area contributed by atoms with Gasteiger partial charge >= 0.3 is 0 Å². The van der Waals surface area contributed by atoms with E-state index >= 15 is 0 Å². The Morgan fingerprint density at radius 2 is 1.75 bits per heavy atom. The molecule has 0 aliphatic rings. The Kier molecular flexibility index (Phi) is 3.98. The van der Waals surface area contributed by atoms with Gasteiger partial charge in [0.25, 0.3) is 5.91 Å². The molecule has 2 aromatic carbocycles. The third kappa shape index (κ3) is 3.54. The third-order valence-electron chi connectivity index (χ3n) is 3.38. The lowest BCUT2D eigenvalue weighted by atomic mass is 10.1. The van der Waals surface area contributed by atoms with E-state index in [0.717, 1.165) is 22.7 Å². The number of nitrogens with one attached hydrogen (secondary N) is 3. The summed E-state index contributed by atoms with van der Waals surface area (Å²) in [6.07, 6.45) is 1.08. The van der Waals surface area contributed by atoms with E-state index in [1.54, 1.807) is 24.3 Å². The lowest BCUT2D eigenvalue weighted by molar-refractivity contribution is 0.102. The highest BCUT2D eigenvalue weighted by atomic mass is 32.2. The molecule has 1 aromatic heterocycles. The third-order valence-corrected chi connectivity index (χ3v) is 3.99. The average molecular weight is 344 g/mol. The minimum atomic E-state index is -3.33. The van der Waals surface area contributed by atoms with Crippen molar-refractivity contribution in [1.82, 2.24) is 10.2 Å². The highest BCUT2D eigenvalue weighted by Crippen LogP contribution is 2.20. The number of carbonyl (C=O) groups is 1. The van der Waals surface area contributed by atoms with Crippen LogP contribution in [0.1, 0.15) is 16.1 Å². The van der Waals surface area contributed by atoms with E-state index in [1.165, 1.54) is 0 Å². The van der Waals surface area contributed by atoms with Gasteiger partial charge in [-0.1, -0.05) is 11.6 Å². The Morgan fingerprint density at radius 3 is 2.42 bits per heavy atom. The number of benzene rings is 2. The molecule has 3 aromatic rings. The van der Waals surface area contributed by atoms with Crippen LogP contribution in [-0.2, 0) is 10.0 Å². The number of nitrogens with zero attached hydrogens (tertiary/aromatic N) is 1. The zero-order chi connectivity index (χ0) is 17.3. The predicted octanol–water partition coefficient (Wildman–Crippen LogP) is 2.50. The van der Waals surface area contributed by atoms with Gasteiger partial charge in [-0.3, -0.25) is 14.6 Å². The second-order valence-electron chi connectivity index (χ2n) is 5.53. The van der Waals surface area contributed by atoms with Crippen molar-refractivity contribution < 1.29 is 13.2 Å². The van der Waals surface area contributed by atoms with Gasteiger partial charge in [0.1, 0.15) is 0 Å². The SMILES string of the molecule is Cc1ccc2[nH]nc(C(=O)Nc3ccc(NS(C)(=O)=O)cc3)c2c1. The largest absolute Gasteiger partial charge is 0.321 e.